The highest BCUT2D eigenvalue weighted by Gasteiger charge is 2.50. The number of nitriles is 1. The molecule has 0 N–H and O–H groups in total. The number of nitrogens with zero attached hydrogens (tertiary/aromatic N) is 2. The minimum absolute atomic E-state index is 0.0992. The van der Waals surface area contributed by atoms with Gasteiger partial charge in [-0.2, -0.15) is 5.26 Å². The Balaban J connectivity index is 2.01. The van der Waals surface area contributed by atoms with E-state index in [-0.39, 0.29) is 23.7 Å². The minimum atomic E-state index is -0.143. The number of amides is 2. The number of halogens is 1. The molecule has 5 heteroatoms. The standard InChI is InChI=1S/C14H11BrN2O2/c15-11-6-8(7-16)4-5-12(11)17-13(18)9-2-1-3-10(9)14(17)19/h4-6,9-10H,1-3H2. The minimum Gasteiger partial charge on any atom is -0.274 e. The number of imide groups is 1. The number of hydrogen-bond acceptors (Lipinski definition) is 3. The van der Waals surface area contributed by atoms with Gasteiger partial charge in [0.25, 0.3) is 0 Å². The number of carbonyl (C=O) groups excluding carboxylic acids is 2. The summed E-state index contributed by atoms with van der Waals surface area (Å²) in [5, 5.41) is 8.84. The van der Waals surface area contributed by atoms with Crippen LogP contribution in [-0.4, -0.2) is 11.8 Å². The summed E-state index contributed by atoms with van der Waals surface area (Å²) in [4.78, 5) is 25.9. The van der Waals surface area contributed by atoms with Gasteiger partial charge in [0.15, 0.2) is 0 Å². The van der Waals surface area contributed by atoms with Crippen molar-refractivity contribution in [1.82, 2.24) is 0 Å². The van der Waals surface area contributed by atoms with E-state index in [1.807, 2.05) is 6.07 Å². The van der Waals surface area contributed by atoms with Crippen LogP contribution in [0.4, 0.5) is 5.69 Å². The van der Waals surface area contributed by atoms with Gasteiger partial charge in [-0.05, 0) is 47.0 Å². The first-order chi connectivity index (χ1) is 9.13. The van der Waals surface area contributed by atoms with Crippen LogP contribution < -0.4 is 4.90 Å². The third-order valence-electron chi connectivity index (χ3n) is 3.91. The molecule has 2 amide bonds. The SMILES string of the molecule is N#Cc1ccc(N2C(=O)C3CCCC3C2=O)c(Br)c1. The quantitative estimate of drug-likeness (QED) is 0.748. The molecule has 2 aliphatic rings. The molecule has 1 aliphatic carbocycles. The van der Waals surface area contributed by atoms with Crippen molar-refractivity contribution in [3.05, 3.63) is 28.2 Å². The van der Waals surface area contributed by atoms with Crippen LogP contribution in [0, 0.1) is 23.2 Å². The molecule has 2 fully saturated rings. The van der Waals surface area contributed by atoms with Crippen LogP contribution >= 0.6 is 15.9 Å². The first kappa shape index (κ1) is 12.4. The van der Waals surface area contributed by atoms with Crippen LogP contribution in [0.25, 0.3) is 0 Å². The summed E-state index contributed by atoms with van der Waals surface area (Å²) in [7, 11) is 0. The van der Waals surface area contributed by atoms with E-state index in [1.165, 1.54) is 4.90 Å². The van der Waals surface area contributed by atoms with Crippen molar-refractivity contribution < 1.29 is 9.59 Å². The van der Waals surface area contributed by atoms with Gasteiger partial charge in [-0.3, -0.25) is 9.59 Å². The molecular weight excluding hydrogens is 308 g/mol. The van der Waals surface area contributed by atoms with Gasteiger partial charge < -0.3 is 0 Å². The van der Waals surface area contributed by atoms with Crippen LogP contribution in [0.5, 0.6) is 0 Å². The number of carbonyl (C=O) groups is 2. The molecule has 1 aromatic rings. The number of hydrogen-bond donors (Lipinski definition) is 0. The zero-order valence-electron chi connectivity index (χ0n) is 10.1. The maximum atomic E-state index is 12.3. The van der Waals surface area contributed by atoms with Gasteiger partial charge in [-0.15, -0.1) is 0 Å². The third kappa shape index (κ3) is 1.79. The van der Waals surface area contributed by atoms with E-state index in [4.69, 9.17) is 5.26 Å². The van der Waals surface area contributed by atoms with E-state index in [2.05, 4.69) is 15.9 Å². The average Bonchev–Trinajstić information content (AvgIpc) is 2.96. The van der Waals surface area contributed by atoms with Gasteiger partial charge in [0.05, 0.1) is 29.2 Å². The van der Waals surface area contributed by atoms with E-state index >= 15 is 0 Å². The first-order valence-electron chi connectivity index (χ1n) is 6.21. The second-order valence-corrected chi connectivity index (χ2v) is 5.79. The lowest BCUT2D eigenvalue weighted by atomic mass is 10.00. The summed E-state index contributed by atoms with van der Waals surface area (Å²) in [6, 6.07) is 6.93. The molecule has 0 bridgehead atoms. The molecule has 2 unspecified atom stereocenters. The Morgan fingerprint density at radius 3 is 2.37 bits per heavy atom. The Bertz CT molecular complexity index is 598. The topological polar surface area (TPSA) is 61.2 Å². The summed E-state index contributed by atoms with van der Waals surface area (Å²) < 4.78 is 0.605. The summed E-state index contributed by atoms with van der Waals surface area (Å²) in [5.41, 5.74) is 1.04. The van der Waals surface area contributed by atoms with E-state index in [0.717, 1.165) is 19.3 Å². The molecule has 1 heterocycles. The van der Waals surface area contributed by atoms with E-state index in [1.54, 1.807) is 18.2 Å². The zero-order chi connectivity index (χ0) is 13.6. The van der Waals surface area contributed by atoms with E-state index < -0.39 is 0 Å². The molecule has 96 valence electrons. The lowest BCUT2D eigenvalue weighted by Crippen LogP contribution is -2.31. The van der Waals surface area contributed by atoms with Crippen LogP contribution in [-0.2, 0) is 9.59 Å². The lowest BCUT2D eigenvalue weighted by molar-refractivity contribution is -0.122. The molecule has 4 nitrogen and oxygen atoms in total. The highest BCUT2D eigenvalue weighted by molar-refractivity contribution is 9.10. The molecule has 0 aromatic heterocycles. The highest BCUT2D eigenvalue weighted by Crippen LogP contribution is 2.43. The molecule has 3 rings (SSSR count). The Hall–Kier alpha value is -1.67. The molecule has 2 atom stereocenters. The third-order valence-corrected chi connectivity index (χ3v) is 4.54. The number of fused-ring (bicyclic) bond motifs is 1. The van der Waals surface area contributed by atoms with Crippen molar-refractivity contribution in [2.24, 2.45) is 11.8 Å². The maximum Gasteiger partial charge on any atom is 0.237 e. The molecule has 19 heavy (non-hydrogen) atoms. The van der Waals surface area contributed by atoms with Crippen molar-refractivity contribution in [3.63, 3.8) is 0 Å². The number of benzene rings is 1. The number of anilines is 1. The van der Waals surface area contributed by atoms with Crippen LogP contribution in [0.15, 0.2) is 22.7 Å². The summed E-state index contributed by atoms with van der Waals surface area (Å²) in [6.45, 7) is 0. The summed E-state index contributed by atoms with van der Waals surface area (Å²) in [6.07, 6.45) is 2.56. The maximum absolute atomic E-state index is 12.3. The Kier molecular flexibility index (Phi) is 2.90. The predicted octanol–water partition coefficient (Wildman–Crippen LogP) is 2.61. The van der Waals surface area contributed by atoms with Crippen LogP contribution in [0.3, 0.4) is 0 Å². The fraction of sp³-hybridized carbons (Fsp3) is 0.357. The van der Waals surface area contributed by atoms with E-state index in [0.29, 0.717) is 15.7 Å². The van der Waals surface area contributed by atoms with Gasteiger partial charge >= 0.3 is 0 Å². The fourth-order valence-electron chi connectivity index (χ4n) is 2.99. The zero-order valence-corrected chi connectivity index (χ0v) is 11.7. The molecule has 0 spiro atoms. The summed E-state index contributed by atoms with van der Waals surface area (Å²) >= 11 is 3.34. The van der Waals surface area contributed by atoms with Gasteiger partial charge in [0.1, 0.15) is 0 Å². The average molecular weight is 319 g/mol. The Labute approximate surface area is 119 Å². The van der Waals surface area contributed by atoms with Crippen molar-refractivity contribution in [1.29, 1.82) is 5.26 Å². The summed E-state index contributed by atoms with van der Waals surface area (Å²) in [5.74, 6) is -0.485. The van der Waals surface area contributed by atoms with Crippen molar-refractivity contribution in [2.45, 2.75) is 19.3 Å². The molecule has 0 radical (unpaired) electrons. The molecule has 1 saturated carbocycles. The fourth-order valence-corrected chi connectivity index (χ4v) is 3.54. The second-order valence-electron chi connectivity index (χ2n) is 4.93. The molecular formula is C14H11BrN2O2. The smallest absolute Gasteiger partial charge is 0.237 e. The van der Waals surface area contributed by atoms with Crippen molar-refractivity contribution >= 4 is 33.4 Å². The van der Waals surface area contributed by atoms with Gasteiger partial charge in [0, 0.05) is 4.47 Å². The Morgan fingerprint density at radius 1 is 1.21 bits per heavy atom. The monoisotopic (exact) mass is 318 g/mol. The highest BCUT2D eigenvalue weighted by atomic mass is 79.9. The lowest BCUT2D eigenvalue weighted by Gasteiger charge is -2.17. The molecule has 1 aliphatic heterocycles. The molecule has 1 aromatic carbocycles. The van der Waals surface area contributed by atoms with Gasteiger partial charge in [0.2, 0.25) is 11.8 Å². The van der Waals surface area contributed by atoms with E-state index in [9.17, 15) is 9.59 Å². The van der Waals surface area contributed by atoms with Crippen molar-refractivity contribution in [3.8, 4) is 6.07 Å². The van der Waals surface area contributed by atoms with Gasteiger partial charge in [-0.25, -0.2) is 4.90 Å². The van der Waals surface area contributed by atoms with Crippen LogP contribution in [0.1, 0.15) is 24.8 Å². The normalized spacial score (nSPS) is 25.6. The first-order valence-corrected chi connectivity index (χ1v) is 7.00. The largest absolute Gasteiger partial charge is 0.274 e. The second kappa shape index (κ2) is 4.46. The van der Waals surface area contributed by atoms with Crippen LogP contribution in [0.2, 0.25) is 0 Å². The molecule has 1 saturated heterocycles. The Morgan fingerprint density at radius 2 is 1.84 bits per heavy atom. The number of rotatable bonds is 1. The predicted molar refractivity (Wildman–Crippen MR) is 72.2 cm³/mol. The van der Waals surface area contributed by atoms with Gasteiger partial charge in [-0.1, -0.05) is 6.42 Å². The van der Waals surface area contributed by atoms with Crippen molar-refractivity contribution in [2.75, 3.05) is 4.90 Å².